The number of hydrogen-bond acceptors (Lipinski definition) is 2. The Labute approximate surface area is 99.6 Å². The number of likely N-dealkylation sites (N-methyl/N-ethyl adjacent to an activating group) is 1. The number of para-hydroxylation sites is 1. The summed E-state index contributed by atoms with van der Waals surface area (Å²) >= 11 is 0. The van der Waals surface area contributed by atoms with Gasteiger partial charge in [0.15, 0.2) is 0 Å². The molecule has 17 heavy (non-hydrogen) atoms. The number of hydrogen-bond donors (Lipinski definition) is 1. The van der Waals surface area contributed by atoms with Gasteiger partial charge in [-0.1, -0.05) is 12.1 Å². The number of carbonyl (C=O) groups is 1. The Bertz CT molecular complexity index is 587. The molecule has 1 amide bonds. The number of amides is 1. The average molecular weight is 229 g/mol. The van der Waals surface area contributed by atoms with Crippen molar-refractivity contribution in [1.29, 1.82) is 0 Å². The molecular weight excluding hydrogens is 214 g/mol. The Morgan fingerprint density at radius 1 is 1.41 bits per heavy atom. The first-order valence-corrected chi connectivity index (χ1v) is 5.87. The van der Waals surface area contributed by atoms with Gasteiger partial charge in [0, 0.05) is 24.7 Å². The van der Waals surface area contributed by atoms with Crippen molar-refractivity contribution in [1.82, 2.24) is 4.57 Å². The van der Waals surface area contributed by atoms with Gasteiger partial charge in [-0.2, -0.15) is 0 Å². The van der Waals surface area contributed by atoms with E-state index in [0.29, 0.717) is 13.1 Å². The predicted octanol–water partition coefficient (Wildman–Crippen LogP) is 1.34. The van der Waals surface area contributed by atoms with E-state index in [9.17, 15) is 4.79 Å². The van der Waals surface area contributed by atoms with Gasteiger partial charge in [0.05, 0.1) is 11.2 Å². The molecule has 2 heterocycles. The molecule has 1 aliphatic heterocycles. The van der Waals surface area contributed by atoms with Gasteiger partial charge in [0.25, 0.3) is 0 Å². The normalized spacial score (nSPS) is 19.8. The van der Waals surface area contributed by atoms with E-state index < -0.39 is 6.04 Å². The minimum atomic E-state index is -0.460. The van der Waals surface area contributed by atoms with Crippen LogP contribution in [0.3, 0.4) is 0 Å². The third-order valence-corrected chi connectivity index (χ3v) is 3.35. The van der Waals surface area contributed by atoms with Crippen molar-refractivity contribution in [2.24, 2.45) is 5.73 Å². The first-order valence-electron chi connectivity index (χ1n) is 5.87. The molecule has 0 saturated carbocycles. The third kappa shape index (κ3) is 1.37. The highest BCUT2D eigenvalue weighted by Gasteiger charge is 2.27. The molecule has 1 aromatic heterocycles. The van der Waals surface area contributed by atoms with E-state index in [0.717, 1.165) is 16.6 Å². The van der Waals surface area contributed by atoms with Crippen molar-refractivity contribution in [3.05, 3.63) is 30.5 Å². The van der Waals surface area contributed by atoms with Crippen molar-refractivity contribution in [3.8, 4) is 0 Å². The van der Waals surface area contributed by atoms with Crippen molar-refractivity contribution >= 4 is 22.5 Å². The van der Waals surface area contributed by atoms with Crippen LogP contribution in [0.4, 0.5) is 5.69 Å². The quantitative estimate of drug-likeness (QED) is 0.802. The molecule has 1 aromatic carbocycles. The lowest BCUT2D eigenvalue weighted by atomic mass is 10.2. The third-order valence-electron chi connectivity index (χ3n) is 3.35. The number of nitrogens with two attached hydrogens (primary N) is 1. The fourth-order valence-corrected chi connectivity index (χ4v) is 2.55. The molecule has 0 saturated heterocycles. The number of rotatable bonds is 1. The molecule has 0 fully saturated rings. The molecule has 0 spiro atoms. The molecular formula is C13H15N3O. The van der Waals surface area contributed by atoms with Crippen LogP contribution >= 0.6 is 0 Å². The Hall–Kier alpha value is -1.81. The van der Waals surface area contributed by atoms with Gasteiger partial charge >= 0.3 is 0 Å². The molecule has 2 aromatic rings. The van der Waals surface area contributed by atoms with E-state index in [4.69, 9.17) is 5.73 Å². The summed E-state index contributed by atoms with van der Waals surface area (Å²) in [4.78, 5) is 13.9. The highest BCUT2D eigenvalue weighted by Crippen LogP contribution is 2.30. The van der Waals surface area contributed by atoms with Gasteiger partial charge < -0.3 is 15.2 Å². The summed E-state index contributed by atoms with van der Waals surface area (Å²) in [6.07, 6.45) is 2.00. The Balaban J connectivity index is 2.32. The van der Waals surface area contributed by atoms with Crippen LogP contribution in [0.5, 0.6) is 0 Å². The number of benzene rings is 1. The van der Waals surface area contributed by atoms with Gasteiger partial charge in [-0.15, -0.1) is 0 Å². The minimum absolute atomic E-state index is 0.00343. The maximum absolute atomic E-state index is 12.2. The summed E-state index contributed by atoms with van der Waals surface area (Å²) in [7, 11) is 0. The van der Waals surface area contributed by atoms with Crippen molar-refractivity contribution in [2.75, 3.05) is 11.4 Å². The predicted molar refractivity (Wildman–Crippen MR) is 67.9 cm³/mol. The van der Waals surface area contributed by atoms with E-state index in [-0.39, 0.29) is 5.91 Å². The molecule has 4 heteroatoms. The smallest absolute Gasteiger partial charge is 0.245 e. The molecule has 1 aliphatic rings. The first kappa shape index (κ1) is 10.4. The Morgan fingerprint density at radius 3 is 3.00 bits per heavy atom. The average Bonchev–Trinajstić information content (AvgIpc) is 2.69. The van der Waals surface area contributed by atoms with Crippen LogP contribution in [0.15, 0.2) is 30.5 Å². The van der Waals surface area contributed by atoms with Gasteiger partial charge in [-0.05, 0) is 19.1 Å². The molecule has 4 nitrogen and oxygen atoms in total. The van der Waals surface area contributed by atoms with Gasteiger partial charge in [-0.3, -0.25) is 4.79 Å². The van der Waals surface area contributed by atoms with Crippen LogP contribution in [0.25, 0.3) is 10.9 Å². The lowest BCUT2D eigenvalue weighted by Gasteiger charge is -2.21. The van der Waals surface area contributed by atoms with Crippen LogP contribution in [0, 0.1) is 0 Å². The lowest BCUT2D eigenvalue weighted by Crippen LogP contribution is -2.44. The topological polar surface area (TPSA) is 51.3 Å². The highest BCUT2D eigenvalue weighted by molar-refractivity contribution is 6.05. The fourth-order valence-electron chi connectivity index (χ4n) is 2.55. The first-order chi connectivity index (χ1) is 8.22. The van der Waals surface area contributed by atoms with Gasteiger partial charge in [-0.25, -0.2) is 0 Å². The summed E-state index contributed by atoms with van der Waals surface area (Å²) < 4.78 is 2.07. The molecule has 2 N–H and O–H groups in total. The molecule has 1 unspecified atom stereocenters. The van der Waals surface area contributed by atoms with E-state index in [1.165, 1.54) is 0 Å². The molecule has 0 radical (unpaired) electrons. The zero-order chi connectivity index (χ0) is 12.0. The van der Waals surface area contributed by atoms with E-state index in [2.05, 4.69) is 16.7 Å². The summed E-state index contributed by atoms with van der Waals surface area (Å²) in [5.74, 6) is 0.00343. The van der Waals surface area contributed by atoms with Crippen molar-refractivity contribution < 1.29 is 4.79 Å². The second kappa shape index (κ2) is 3.60. The molecule has 1 atom stereocenters. The monoisotopic (exact) mass is 229 g/mol. The second-order valence-corrected chi connectivity index (χ2v) is 4.37. The SMILES string of the molecule is CCN1C(=O)C(N)Cn2ccc3cccc1c32. The molecule has 88 valence electrons. The number of carbonyl (C=O) groups excluding carboxylic acids is 1. The van der Waals surface area contributed by atoms with E-state index in [1.54, 1.807) is 4.90 Å². The van der Waals surface area contributed by atoms with E-state index in [1.807, 2.05) is 25.3 Å². The van der Waals surface area contributed by atoms with Gasteiger partial charge in [0.1, 0.15) is 6.04 Å². The summed E-state index contributed by atoms with van der Waals surface area (Å²) in [5.41, 5.74) is 8.02. The van der Waals surface area contributed by atoms with Crippen LogP contribution < -0.4 is 10.6 Å². The number of anilines is 1. The van der Waals surface area contributed by atoms with Crippen LogP contribution in [0.1, 0.15) is 6.92 Å². The number of aromatic nitrogens is 1. The fraction of sp³-hybridized carbons (Fsp3) is 0.308. The Kier molecular flexibility index (Phi) is 2.19. The van der Waals surface area contributed by atoms with Crippen molar-refractivity contribution in [3.63, 3.8) is 0 Å². The lowest BCUT2D eigenvalue weighted by molar-refractivity contribution is -0.119. The maximum atomic E-state index is 12.2. The summed E-state index contributed by atoms with van der Waals surface area (Å²) in [6.45, 7) is 3.18. The van der Waals surface area contributed by atoms with E-state index >= 15 is 0 Å². The maximum Gasteiger partial charge on any atom is 0.245 e. The van der Waals surface area contributed by atoms with Crippen LogP contribution in [0.2, 0.25) is 0 Å². The van der Waals surface area contributed by atoms with Crippen molar-refractivity contribution in [2.45, 2.75) is 19.5 Å². The second-order valence-electron chi connectivity index (χ2n) is 4.37. The Morgan fingerprint density at radius 2 is 2.24 bits per heavy atom. The highest BCUT2D eigenvalue weighted by atomic mass is 16.2. The van der Waals surface area contributed by atoms with Crippen LogP contribution in [-0.2, 0) is 11.3 Å². The zero-order valence-electron chi connectivity index (χ0n) is 9.76. The number of nitrogens with zero attached hydrogens (tertiary/aromatic N) is 2. The zero-order valence-corrected chi connectivity index (χ0v) is 9.76. The summed E-state index contributed by atoms with van der Waals surface area (Å²) in [6, 6.07) is 7.63. The van der Waals surface area contributed by atoms with Crippen LogP contribution in [-0.4, -0.2) is 23.1 Å². The van der Waals surface area contributed by atoms with Gasteiger partial charge in [0.2, 0.25) is 5.91 Å². The standard InChI is InChI=1S/C13H15N3O/c1-2-16-11-5-3-4-9-6-7-15(12(9)11)8-10(14)13(16)17/h3-7,10H,2,8,14H2,1H3. The molecule has 0 bridgehead atoms. The largest absolute Gasteiger partial charge is 0.344 e. The minimum Gasteiger partial charge on any atom is -0.344 e. The summed E-state index contributed by atoms with van der Waals surface area (Å²) in [5, 5.41) is 1.16. The molecule has 0 aliphatic carbocycles. The molecule has 3 rings (SSSR count).